The number of fused-ring (bicyclic) bond motifs is 1. The Morgan fingerprint density at radius 3 is 3.09 bits per heavy atom. The molecule has 0 saturated carbocycles. The van der Waals surface area contributed by atoms with E-state index >= 15 is 0 Å². The lowest BCUT2D eigenvalue weighted by Crippen LogP contribution is -2.02. The third-order valence-corrected chi connectivity index (χ3v) is 2.95. The van der Waals surface area contributed by atoms with Crippen LogP contribution >= 0.6 is 11.8 Å². The fraction of sp³-hybridized carbons (Fsp3) is 0.333. The summed E-state index contributed by atoms with van der Waals surface area (Å²) in [5.74, 6) is 2.09. The summed E-state index contributed by atoms with van der Waals surface area (Å²) in [5.41, 5.74) is 2.51. The van der Waals surface area contributed by atoms with Gasteiger partial charge in [0.05, 0.1) is 0 Å². The van der Waals surface area contributed by atoms with Crippen LogP contribution < -0.4 is 0 Å². The number of halogens is 1. The Hall–Kier alpha value is -0.500. The van der Waals surface area contributed by atoms with Crippen molar-refractivity contribution in [2.24, 2.45) is 0 Å². The predicted molar refractivity (Wildman–Crippen MR) is 46.3 cm³/mol. The first kappa shape index (κ1) is 7.17. The van der Waals surface area contributed by atoms with Crippen LogP contribution in [0.15, 0.2) is 18.2 Å². The van der Waals surface area contributed by atoms with Gasteiger partial charge in [0, 0.05) is 5.75 Å². The van der Waals surface area contributed by atoms with Gasteiger partial charge in [-0.1, -0.05) is 6.07 Å². The molecular formula is C9H9FS. The first-order chi connectivity index (χ1) is 5.36. The fourth-order valence-corrected chi connectivity index (χ4v) is 2.34. The molecule has 0 nitrogen and oxygen atoms in total. The molecule has 0 bridgehead atoms. The number of hydrogen-bond donors (Lipinski definition) is 0. The molecule has 0 fully saturated rings. The molecule has 1 aliphatic heterocycles. The summed E-state index contributed by atoms with van der Waals surface area (Å²) in [7, 11) is 0. The molecule has 0 atom stereocenters. The SMILES string of the molecule is Fc1ccc2c(c1)CCSC2. The minimum Gasteiger partial charge on any atom is -0.207 e. The van der Waals surface area contributed by atoms with Crippen LogP contribution in [-0.2, 0) is 12.2 Å². The van der Waals surface area contributed by atoms with Crippen LogP contribution in [0.4, 0.5) is 4.39 Å². The van der Waals surface area contributed by atoms with Crippen LogP contribution in [-0.4, -0.2) is 5.75 Å². The van der Waals surface area contributed by atoms with Crippen LogP contribution in [0.25, 0.3) is 0 Å². The van der Waals surface area contributed by atoms with E-state index < -0.39 is 0 Å². The molecule has 0 spiro atoms. The molecule has 1 aliphatic rings. The zero-order chi connectivity index (χ0) is 7.68. The lowest BCUT2D eigenvalue weighted by atomic mass is 10.1. The van der Waals surface area contributed by atoms with Gasteiger partial charge in [0.25, 0.3) is 0 Å². The predicted octanol–water partition coefficient (Wildman–Crippen LogP) is 2.62. The monoisotopic (exact) mass is 168 g/mol. The van der Waals surface area contributed by atoms with Crippen molar-refractivity contribution in [1.82, 2.24) is 0 Å². The summed E-state index contributed by atoms with van der Waals surface area (Å²) in [4.78, 5) is 0. The average molecular weight is 168 g/mol. The molecule has 1 heterocycles. The Morgan fingerprint density at radius 2 is 2.18 bits per heavy atom. The minimum absolute atomic E-state index is 0.101. The van der Waals surface area contributed by atoms with Crippen LogP contribution in [0.2, 0.25) is 0 Å². The standard InChI is InChI=1S/C9H9FS/c10-9-2-1-8-6-11-4-3-7(8)5-9/h1-2,5H,3-4,6H2. The van der Waals surface area contributed by atoms with E-state index in [1.54, 1.807) is 12.1 Å². The Labute approximate surface area is 69.8 Å². The van der Waals surface area contributed by atoms with Crippen molar-refractivity contribution < 1.29 is 4.39 Å². The minimum atomic E-state index is -0.101. The quantitative estimate of drug-likeness (QED) is 0.574. The van der Waals surface area contributed by atoms with Crippen LogP contribution in [0.3, 0.4) is 0 Å². The molecule has 0 radical (unpaired) electrons. The van der Waals surface area contributed by atoms with E-state index in [4.69, 9.17) is 0 Å². The van der Waals surface area contributed by atoms with Gasteiger partial charge in [0.2, 0.25) is 0 Å². The van der Waals surface area contributed by atoms with Crippen molar-refractivity contribution in [3.63, 3.8) is 0 Å². The molecule has 0 unspecified atom stereocenters. The molecule has 2 heteroatoms. The summed E-state index contributed by atoms with van der Waals surface area (Å²) in [6.45, 7) is 0. The fourth-order valence-electron chi connectivity index (χ4n) is 1.33. The van der Waals surface area contributed by atoms with Gasteiger partial charge in [0.15, 0.2) is 0 Å². The molecule has 1 aromatic rings. The summed E-state index contributed by atoms with van der Waals surface area (Å²) in [5, 5.41) is 0. The lowest BCUT2D eigenvalue weighted by Gasteiger charge is -2.14. The van der Waals surface area contributed by atoms with Gasteiger partial charge in [-0.2, -0.15) is 11.8 Å². The van der Waals surface area contributed by atoms with Crippen LogP contribution in [0, 0.1) is 5.82 Å². The zero-order valence-corrected chi connectivity index (χ0v) is 6.96. The van der Waals surface area contributed by atoms with Crippen molar-refractivity contribution >= 4 is 11.8 Å². The smallest absolute Gasteiger partial charge is 0.123 e. The molecule has 11 heavy (non-hydrogen) atoms. The maximum atomic E-state index is 12.7. The molecule has 0 amide bonds. The Balaban J connectivity index is 2.43. The largest absolute Gasteiger partial charge is 0.207 e. The molecular weight excluding hydrogens is 159 g/mol. The number of benzene rings is 1. The molecule has 0 aliphatic carbocycles. The van der Waals surface area contributed by atoms with E-state index in [9.17, 15) is 4.39 Å². The third-order valence-electron chi connectivity index (χ3n) is 1.94. The first-order valence-corrected chi connectivity index (χ1v) is 4.87. The molecule has 1 aromatic carbocycles. The van der Waals surface area contributed by atoms with Crippen LogP contribution in [0.5, 0.6) is 0 Å². The van der Waals surface area contributed by atoms with Gasteiger partial charge in [0.1, 0.15) is 5.82 Å². The van der Waals surface area contributed by atoms with Crippen molar-refractivity contribution in [3.8, 4) is 0 Å². The number of rotatable bonds is 0. The highest BCUT2D eigenvalue weighted by Gasteiger charge is 2.08. The summed E-state index contributed by atoms with van der Waals surface area (Å²) < 4.78 is 12.7. The molecule has 0 aromatic heterocycles. The van der Waals surface area contributed by atoms with E-state index in [0.717, 1.165) is 17.9 Å². The molecule has 2 rings (SSSR count). The van der Waals surface area contributed by atoms with Gasteiger partial charge < -0.3 is 0 Å². The highest BCUT2D eigenvalue weighted by atomic mass is 32.2. The van der Waals surface area contributed by atoms with Gasteiger partial charge in [-0.25, -0.2) is 4.39 Å². The Bertz CT molecular complexity index is 270. The Morgan fingerprint density at radius 1 is 1.27 bits per heavy atom. The highest BCUT2D eigenvalue weighted by Crippen LogP contribution is 2.24. The van der Waals surface area contributed by atoms with Crippen molar-refractivity contribution in [3.05, 3.63) is 35.1 Å². The van der Waals surface area contributed by atoms with Gasteiger partial charge >= 0.3 is 0 Å². The van der Waals surface area contributed by atoms with Gasteiger partial charge in [-0.3, -0.25) is 0 Å². The maximum absolute atomic E-state index is 12.7. The number of aryl methyl sites for hydroxylation is 1. The van der Waals surface area contributed by atoms with E-state index in [0.29, 0.717) is 0 Å². The third kappa shape index (κ3) is 1.41. The zero-order valence-electron chi connectivity index (χ0n) is 6.14. The van der Waals surface area contributed by atoms with Gasteiger partial charge in [-0.05, 0) is 35.4 Å². The molecule has 0 N–H and O–H groups in total. The second-order valence-corrected chi connectivity index (χ2v) is 3.82. The number of thioether (sulfide) groups is 1. The van der Waals surface area contributed by atoms with E-state index in [1.165, 1.54) is 11.1 Å². The number of hydrogen-bond acceptors (Lipinski definition) is 1. The maximum Gasteiger partial charge on any atom is 0.123 e. The summed E-state index contributed by atoms with van der Waals surface area (Å²) in [6, 6.07) is 5.11. The van der Waals surface area contributed by atoms with Crippen molar-refractivity contribution in [2.45, 2.75) is 12.2 Å². The van der Waals surface area contributed by atoms with E-state index in [-0.39, 0.29) is 5.82 Å². The second kappa shape index (κ2) is 2.86. The second-order valence-electron chi connectivity index (χ2n) is 2.72. The van der Waals surface area contributed by atoms with Crippen molar-refractivity contribution in [1.29, 1.82) is 0 Å². The summed E-state index contributed by atoms with van der Waals surface area (Å²) >= 11 is 1.92. The highest BCUT2D eigenvalue weighted by molar-refractivity contribution is 7.98. The van der Waals surface area contributed by atoms with Crippen LogP contribution in [0.1, 0.15) is 11.1 Å². The van der Waals surface area contributed by atoms with Gasteiger partial charge in [-0.15, -0.1) is 0 Å². The first-order valence-electron chi connectivity index (χ1n) is 3.71. The van der Waals surface area contributed by atoms with E-state index in [1.807, 2.05) is 17.8 Å². The van der Waals surface area contributed by atoms with Crippen molar-refractivity contribution in [2.75, 3.05) is 5.75 Å². The lowest BCUT2D eigenvalue weighted by molar-refractivity contribution is 0.625. The molecule has 0 saturated heterocycles. The molecule has 58 valence electrons. The Kier molecular flexibility index (Phi) is 1.86. The average Bonchev–Trinajstić information content (AvgIpc) is 2.04. The topological polar surface area (TPSA) is 0 Å². The van der Waals surface area contributed by atoms with E-state index in [2.05, 4.69) is 0 Å². The normalized spacial score (nSPS) is 16.1. The summed E-state index contributed by atoms with van der Waals surface area (Å²) in [6.07, 6.45) is 1.03.